The third-order valence-electron chi connectivity index (χ3n) is 3.43. The number of nitrogens with zero attached hydrogens (tertiary/aromatic N) is 1. The van der Waals surface area contributed by atoms with E-state index in [0.29, 0.717) is 15.6 Å². The number of carbonyl (C=O) groups is 2. The average Bonchev–Trinajstić information content (AvgIpc) is 2.84. The van der Waals surface area contributed by atoms with Crippen molar-refractivity contribution in [3.8, 4) is 0 Å². The van der Waals surface area contributed by atoms with E-state index in [1.54, 1.807) is 24.3 Å². The van der Waals surface area contributed by atoms with Crippen molar-refractivity contribution in [1.82, 2.24) is 4.90 Å². The van der Waals surface area contributed by atoms with Crippen LogP contribution in [0.15, 0.2) is 51.8 Å². The molecule has 8 heteroatoms. The molecule has 0 bridgehead atoms. The van der Waals surface area contributed by atoms with Crippen molar-refractivity contribution in [1.29, 1.82) is 0 Å². The van der Waals surface area contributed by atoms with Gasteiger partial charge in [0.05, 0.1) is 11.6 Å². The highest BCUT2D eigenvalue weighted by Crippen LogP contribution is 2.35. The molecule has 0 spiro atoms. The van der Waals surface area contributed by atoms with E-state index in [2.05, 4.69) is 21.2 Å². The molecule has 2 amide bonds. The van der Waals surface area contributed by atoms with E-state index in [9.17, 15) is 9.59 Å². The van der Waals surface area contributed by atoms with Gasteiger partial charge in [-0.2, -0.15) is 0 Å². The summed E-state index contributed by atoms with van der Waals surface area (Å²) in [7, 11) is 0. The van der Waals surface area contributed by atoms with Gasteiger partial charge in [-0.3, -0.25) is 14.5 Å². The van der Waals surface area contributed by atoms with Crippen molar-refractivity contribution in [2.75, 3.05) is 12.0 Å². The van der Waals surface area contributed by atoms with E-state index in [4.69, 9.17) is 23.2 Å². The Hall–Kier alpha value is -1.47. The highest BCUT2D eigenvalue weighted by Gasteiger charge is 2.35. The summed E-state index contributed by atoms with van der Waals surface area (Å²) in [5.41, 5.74) is 1.33. The molecule has 0 radical (unpaired) electrons. The first-order valence-corrected chi connectivity index (χ1v) is 9.51. The quantitative estimate of drug-likeness (QED) is 0.584. The number of rotatable bonds is 4. The predicted molar refractivity (Wildman–Crippen MR) is 107 cm³/mol. The zero-order chi connectivity index (χ0) is 18.0. The van der Waals surface area contributed by atoms with Crippen LogP contribution in [0.4, 0.5) is 10.5 Å². The van der Waals surface area contributed by atoms with Gasteiger partial charge in [0.2, 0.25) is 0 Å². The molecule has 1 heterocycles. The van der Waals surface area contributed by atoms with E-state index < -0.39 is 0 Å². The van der Waals surface area contributed by atoms with Crippen molar-refractivity contribution in [3.05, 3.63) is 67.5 Å². The number of anilines is 1. The molecule has 1 fully saturated rings. The van der Waals surface area contributed by atoms with Gasteiger partial charge in [-0.1, -0.05) is 45.2 Å². The summed E-state index contributed by atoms with van der Waals surface area (Å²) in [4.78, 5) is 26.1. The van der Waals surface area contributed by atoms with Crippen molar-refractivity contribution in [2.45, 2.75) is 0 Å². The van der Waals surface area contributed by atoms with Crippen LogP contribution in [0.25, 0.3) is 6.08 Å². The first kappa shape index (κ1) is 18.3. The Labute approximate surface area is 167 Å². The Kier molecular flexibility index (Phi) is 5.74. The topological polar surface area (TPSA) is 49.4 Å². The van der Waals surface area contributed by atoms with E-state index in [1.807, 2.05) is 24.3 Å². The SMILES string of the molecule is O=C1S/C(=C/c2c(Cl)cccc2Cl)C(=O)N1CNc1ccc(Br)cc1. The van der Waals surface area contributed by atoms with E-state index in [-0.39, 0.29) is 22.7 Å². The second-order valence-electron chi connectivity index (χ2n) is 5.09. The summed E-state index contributed by atoms with van der Waals surface area (Å²) in [6.07, 6.45) is 1.55. The molecule has 3 rings (SSSR count). The summed E-state index contributed by atoms with van der Waals surface area (Å²) in [6.45, 7) is 0.0832. The summed E-state index contributed by atoms with van der Waals surface area (Å²) in [5.74, 6) is -0.379. The molecule has 1 aliphatic heterocycles. The van der Waals surface area contributed by atoms with Crippen molar-refractivity contribution < 1.29 is 9.59 Å². The molecular weight excluding hydrogens is 447 g/mol. The van der Waals surface area contributed by atoms with Gasteiger partial charge >= 0.3 is 0 Å². The number of imide groups is 1. The summed E-state index contributed by atoms with van der Waals surface area (Å²) < 4.78 is 0.948. The number of benzene rings is 2. The van der Waals surface area contributed by atoms with Crippen LogP contribution in [0.3, 0.4) is 0 Å². The first-order chi connectivity index (χ1) is 12.0. The zero-order valence-corrected chi connectivity index (χ0v) is 16.5. The molecular formula is C17H11BrCl2N2O2S. The summed E-state index contributed by atoms with van der Waals surface area (Å²) in [5, 5.41) is 3.56. The highest BCUT2D eigenvalue weighted by atomic mass is 79.9. The second-order valence-corrected chi connectivity index (χ2v) is 7.81. The average molecular weight is 458 g/mol. The Balaban J connectivity index is 1.76. The predicted octanol–water partition coefficient (Wildman–Crippen LogP) is 5.86. The lowest BCUT2D eigenvalue weighted by molar-refractivity contribution is -0.122. The molecule has 0 aromatic heterocycles. The summed E-state index contributed by atoms with van der Waals surface area (Å²) in [6, 6.07) is 12.5. The Bertz CT molecular complexity index is 851. The van der Waals surface area contributed by atoms with Crippen LogP contribution in [0, 0.1) is 0 Å². The molecule has 2 aromatic rings. The number of carbonyl (C=O) groups excluding carboxylic acids is 2. The molecule has 1 N–H and O–H groups in total. The molecule has 1 saturated heterocycles. The molecule has 2 aromatic carbocycles. The van der Waals surface area contributed by atoms with Gasteiger partial charge in [-0.15, -0.1) is 0 Å². The Morgan fingerprint density at radius 2 is 1.72 bits per heavy atom. The van der Waals surface area contributed by atoms with Crippen LogP contribution in [0.2, 0.25) is 10.0 Å². The maximum Gasteiger partial charge on any atom is 0.295 e. The number of thioether (sulfide) groups is 1. The molecule has 0 aliphatic carbocycles. The lowest BCUT2D eigenvalue weighted by atomic mass is 10.2. The largest absolute Gasteiger partial charge is 0.367 e. The number of halogens is 3. The Morgan fingerprint density at radius 3 is 2.36 bits per heavy atom. The van der Waals surface area contributed by atoms with Crippen molar-refractivity contribution in [3.63, 3.8) is 0 Å². The van der Waals surface area contributed by atoms with Crippen LogP contribution in [-0.2, 0) is 4.79 Å². The van der Waals surface area contributed by atoms with E-state index >= 15 is 0 Å². The third kappa shape index (κ3) is 4.20. The Morgan fingerprint density at radius 1 is 1.08 bits per heavy atom. The number of hydrogen-bond acceptors (Lipinski definition) is 4. The monoisotopic (exact) mass is 456 g/mol. The molecule has 1 aliphatic rings. The minimum absolute atomic E-state index is 0.0832. The summed E-state index contributed by atoms with van der Waals surface area (Å²) >= 11 is 16.5. The smallest absolute Gasteiger partial charge is 0.295 e. The minimum atomic E-state index is -0.379. The third-order valence-corrected chi connectivity index (χ3v) is 5.53. The van der Waals surface area contributed by atoms with Gasteiger partial charge in [0.25, 0.3) is 11.1 Å². The zero-order valence-electron chi connectivity index (χ0n) is 12.6. The van der Waals surface area contributed by atoms with Gasteiger partial charge in [-0.25, -0.2) is 0 Å². The van der Waals surface area contributed by atoms with E-state index in [1.165, 1.54) is 0 Å². The second kappa shape index (κ2) is 7.83. The van der Waals surface area contributed by atoms with Gasteiger partial charge in [-0.05, 0) is 54.2 Å². The fourth-order valence-corrected chi connectivity index (χ4v) is 3.75. The van der Waals surface area contributed by atoms with Crippen LogP contribution >= 0.6 is 50.9 Å². The first-order valence-electron chi connectivity index (χ1n) is 7.14. The fourth-order valence-electron chi connectivity index (χ4n) is 2.15. The standard InChI is InChI=1S/C17H11BrCl2N2O2S/c18-10-4-6-11(7-5-10)21-9-22-16(23)15(25-17(22)24)8-12-13(19)2-1-3-14(12)20/h1-8,21H,9H2/b15-8+. The number of amides is 2. The lowest BCUT2D eigenvalue weighted by Crippen LogP contribution is -2.33. The van der Waals surface area contributed by atoms with Gasteiger partial charge < -0.3 is 5.32 Å². The maximum absolute atomic E-state index is 12.5. The van der Waals surface area contributed by atoms with Crippen LogP contribution in [-0.4, -0.2) is 22.7 Å². The van der Waals surface area contributed by atoms with Crippen LogP contribution in [0.1, 0.15) is 5.56 Å². The molecule has 4 nitrogen and oxygen atoms in total. The van der Waals surface area contributed by atoms with E-state index in [0.717, 1.165) is 26.8 Å². The van der Waals surface area contributed by atoms with Crippen LogP contribution in [0.5, 0.6) is 0 Å². The lowest BCUT2D eigenvalue weighted by Gasteiger charge is -2.14. The maximum atomic E-state index is 12.5. The normalized spacial score (nSPS) is 16.0. The molecule has 128 valence electrons. The molecule has 0 saturated carbocycles. The fraction of sp³-hybridized carbons (Fsp3) is 0.0588. The van der Waals surface area contributed by atoms with Gasteiger partial charge in [0.1, 0.15) is 0 Å². The number of hydrogen-bond donors (Lipinski definition) is 1. The highest BCUT2D eigenvalue weighted by molar-refractivity contribution is 9.10. The van der Waals surface area contributed by atoms with Gasteiger partial charge in [0, 0.05) is 25.8 Å². The van der Waals surface area contributed by atoms with Crippen LogP contribution < -0.4 is 5.32 Å². The number of nitrogens with one attached hydrogen (secondary N) is 1. The van der Waals surface area contributed by atoms with Crippen molar-refractivity contribution in [2.24, 2.45) is 0 Å². The molecule has 0 atom stereocenters. The molecule has 25 heavy (non-hydrogen) atoms. The minimum Gasteiger partial charge on any atom is -0.367 e. The molecule has 0 unspecified atom stereocenters. The van der Waals surface area contributed by atoms with Crippen molar-refractivity contribution >= 4 is 73.8 Å². The van der Waals surface area contributed by atoms with Gasteiger partial charge in [0.15, 0.2) is 0 Å².